The molecular weight excluding hydrogens is 357 g/mol. The molecule has 1 fully saturated rings. The number of hydrogen-bond donors (Lipinski definition) is 1. The van der Waals surface area contributed by atoms with Crippen LogP contribution in [-0.2, 0) is 17.8 Å². The smallest absolute Gasteiger partial charge is 0.230 e. The fraction of sp³-hybridized carbons (Fsp3) is 0.286. The molecule has 0 bridgehead atoms. The van der Waals surface area contributed by atoms with Gasteiger partial charge in [-0.15, -0.1) is 0 Å². The van der Waals surface area contributed by atoms with E-state index in [4.69, 9.17) is 0 Å². The van der Waals surface area contributed by atoms with E-state index >= 15 is 0 Å². The number of rotatable bonds is 7. The van der Waals surface area contributed by atoms with Gasteiger partial charge < -0.3 is 10.2 Å². The molecule has 0 aliphatic heterocycles. The van der Waals surface area contributed by atoms with E-state index in [9.17, 15) is 9.18 Å². The van der Waals surface area contributed by atoms with E-state index in [0.717, 1.165) is 16.9 Å². The molecule has 0 spiro atoms. The number of carbonyl (C=O) groups excluding carboxylic acids is 1. The minimum atomic E-state index is -0.265. The van der Waals surface area contributed by atoms with Gasteiger partial charge in [0.2, 0.25) is 5.91 Å². The number of benzene rings is 1. The summed E-state index contributed by atoms with van der Waals surface area (Å²) in [7, 11) is 2.05. The molecule has 1 N–H and O–H groups in total. The van der Waals surface area contributed by atoms with Crippen LogP contribution < -0.4 is 10.2 Å². The topological polar surface area (TPSA) is 63.1 Å². The zero-order valence-electron chi connectivity index (χ0n) is 15.7. The maximum atomic E-state index is 13.0. The molecule has 3 aromatic rings. The molecule has 1 aliphatic rings. The van der Waals surface area contributed by atoms with Crippen molar-refractivity contribution >= 4 is 17.5 Å². The highest BCUT2D eigenvalue weighted by atomic mass is 19.1. The number of aromatic nitrogens is 3. The fourth-order valence-corrected chi connectivity index (χ4v) is 3.04. The predicted molar refractivity (Wildman–Crippen MR) is 106 cm³/mol. The molecule has 0 atom stereocenters. The SMILES string of the molecule is CN(c1ccc(CC(=O)Nc2ccn(Cc3ccc(F)cc3)n2)cn1)C1CC1. The van der Waals surface area contributed by atoms with Crippen molar-refractivity contribution in [2.75, 3.05) is 17.3 Å². The van der Waals surface area contributed by atoms with E-state index in [0.29, 0.717) is 18.4 Å². The monoisotopic (exact) mass is 379 g/mol. The van der Waals surface area contributed by atoms with Gasteiger partial charge >= 0.3 is 0 Å². The molecule has 1 amide bonds. The third kappa shape index (κ3) is 4.54. The lowest BCUT2D eigenvalue weighted by Gasteiger charge is -2.17. The van der Waals surface area contributed by atoms with Crippen molar-refractivity contribution < 1.29 is 9.18 Å². The van der Waals surface area contributed by atoms with Crippen LogP contribution in [0, 0.1) is 5.82 Å². The van der Waals surface area contributed by atoms with Gasteiger partial charge in [-0.1, -0.05) is 18.2 Å². The maximum absolute atomic E-state index is 13.0. The first-order valence-corrected chi connectivity index (χ1v) is 9.32. The average Bonchev–Trinajstić information content (AvgIpc) is 3.45. The summed E-state index contributed by atoms with van der Waals surface area (Å²) in [6, 6.07) is 12.5. The van der Waals surface area contributed by atoms with Crippen molar-refractivity contribution in [3.8, 4) is 0 Å². The van der Waals surface area contributed by atoms with Crippen LogP contribution in [0.15, 0.2) is 54.9 Å². The second kappa shape index (κ2) is 7.80. The van der Waals surface area contributed by atoms with Gasteiger partial charge in [0.25, 0.3) is 0 Å². The quantitative estimate of drug-likeness (QED) is 0.685. The Morgan fingerprint density at radius 2 is 1.93 bits per heavy atom. The minimum Gasteiger partial charge on any atom is -0.357 e. The molecule has 7 heteroatoms. The van der Waals surface area contributed by atoms with Crippen LogP contribution in [0.3, 0.4) is 0 Å². The summed E-state index contributed by atoms with van der Waals surface area (Å²) in [5.41, 5.74) is 1.79. The van der Waals surface area contributed by atoms with Gasteiger partial charge in [-0.25, -0.2) is 9.37 Å². The number of nitrogens with zero attached hydrogens (tertiary/aromatic N) is 4. The Bertz CT molecular complexity index is 948. The van der Waals surface area contributed by atoms with E-state index in [-0.39, 0.29) is 18.1 Å². The number of carbonyl (C=O) groups is 1. The molecular formula is C21H22FN5O. The third-order valence-corrected chi connectivity index (χ3v) is 4.80. The predicted octanol–water partition coefficient (Wildman–Crippen LogP) is 3.25. The van der Waals surface area contributed by atoms with Gasteiger partial charge in [-0.3, -0.25) is 9.48 Å². The molecule has 1 aromatic carbocycles. The Balaban J connectivity index is 1.31. The Morgan fingerprint density at radius 1 is 1.18 bits per heavy atom. The van der Waals surface area contributed by atoms with Crippen molar-refractivity contribution in [1.82, 2.24) is 14.8 Å². The summed E-state index contributed by atoms with van der Waals surface area (Å²) in [4.78, 5) is 18.9. The maximum Gasteiger partial charge on any atom is 0.230 e. The summed E-state index contributed by atoms with van der Waals surface area (Å²) < 4.78 is 14.7. The molecule has 0 radical (unpaired) electrons. The average molecular weight is 379 g/mol. The molecule has 28 heavy (non-hydrogen) atoms. The largest absolute Gasteiger partial charge is 0.357 e. The van der Waals surface area contributed by atoms with Crippen LogP contribution >= 0.6 is 0 Å². The number of nitrogens with one attached hydrogen (secondary N) is 1. The van der Waals surface area contributed by atoms with Gasteiger partial charge in [0.05, 0.1) is 13.0 Å². The molecule has 144 valence electrons. The second-order valence-electron chi connectivity index (χ2n) is 7.12. The molecule has 0 saturated heterocycles. The van der Waals surface area contributed by atoms with Gasteiger partial charge in [0.1, 0.15) is 11.6 Å². The van der Waals surface area contributed by atoms with Crippen molar-refractivity contribution in [2.45, 2.75) is 31.8 Å². The van der Waals surface area contributed by atoms with Crippen LogP contribution in [-0.4, -0.2) is 33.8 Å². The normalized spacial score (nSPS) is 13.4. The number of pyridine rings is 1. The molecule has 2 heterocycles. The van der Waals surface area contributed by atoms with Crippen LogP contribution in [0.4, 0.5) is 16.0 Å². The van der Waals surface area contributed by atoms with E-state index in [1.54, 1.807) is 35.3 Å². The molecule has 0 unspecified atom stereocenters. The zero-order chi connectivity index (χ0) is 19.5. The fourth-order valence-electron chi connectivity index (χ4n) is 3.04. The molecule has 1 aliphatic carbocycles. The first kappa shape index (κ1) is 18.2. The van der Waals surface area contributed by atoms with Crippen LogP contribution in [0.25, 0.3) is 0 Å². The highest BCUT2D eigenvalue weighted by Crippen LogP contribution is 2.28. The molecule has 4 rings (SSSR count). The summed E-state index contributed by atoms with van der Waals surface area (Å²) in [5, 5.41) is 7.14. The summed E-state index contributed by atoms with van der Waals surface area (Å²) in [6.07, 6.45) is 6.21. The Kier molecular flexibility index (Phi) is 5.06. The van der Waals surface area contributed by atoms with E-state index in [1.807, 2.05) is 12.1 Å². The summed E-state index contributed by atoms with van der Waals surface area (Å²) >= 11 is 0. The van der Waals surface area contributed by atoms with Crippen LogP contribution in [0.1, 0.15) is 24.0 Å². The van der Waals surface area contributed by atoms with Crippen molar-refractivity contribution in [3.63, 3.8) is 0 Å². The highest BCUT2D eigenvalue weighted by molar-refractivity contribution is 5.91. The van der Waals surface area contributed by atoms with Gasteiger partial charge in [-0.2, -0.15) is 5.10 Å². The van der Waals surface area contributed by atoms with Crippen molar-refractivity contribution in [2.24, 2.45) is 0 Å². The highest BCUT2D eigenvalue weighted by Gasteiger charge is 2.26. The van der Waals surface area contributed by atoms with Crippen LogP contribution in [0.5, 0.6) is 0 Å². The van der Waals surface area contributed by atoms with E-state index in [2.05, 4.69) is 27.3 Å². The first-order chi connectivity index (χ1) is 13.6. The number of anilines is 2. The Hall–Kier alpha value is -3.22. The minimum absolute atomic E-state index is 0.142. The van der Waals surface area contributed by atoms with E-state index in [1.165, 1.54) is 25.0 Å². The first-order valence-electron chi connectivity index (χ1n) is 9.32. The Labute approximate surface area is 163 Å². The zero-order valence-corrected chi connectivity index (χ0v) is 15.7. The van der Waals surface area contributed by atoms with Gasteiger partial charge in [-0.05, 0) is 42.2 Å². The lowest BCUT2D eigenvalue weighted by molar-refractivity contribution is -0.115. The second-order valence-corrected chi connectivity index (χ2v) is 7.12. The Morgan fingerprint density at radius 3 is 2.61 bits per heavy atom. The lowest BCUT2D eigenvalue weighted by atomic mass is 10.2. The van der Waals surface area contributed by atoms with Gasteiger partial charge in [0, 0.05) is 31.5 Å². The van der Waals surface area contributed by atoms with E-state index < -0.39 is 0 Å². The summed E-state index contributed by atoms with van der Waals surface area (Å²) in [5.74, 6) is 1.02. The number of amides is 1. The number of hydrogen-bond acceptors (Lipinski definition) is 4. The summed E-state index contributed by atoms with van der Waals surface area (Å²) in [6.45, 7) is 0.510. The molecule has 6 nitrogen and oxygen atoms in total. The van der Waals surface area contributed by atoms with Gasteiger partial charge in [0.15, 0.2) is 5.82 Å². The van der Waals surface area contributed by atoms with Crippen LogP contribution in [0.2, 0.25) is 0 Å². The third-order valence-electron chi connectivity index (χ3n) is 4.80. The van der Waals surface area contributed by atoms with Crippen molar-refractivity contribution in [3.05, 3.63) is 71.8 Å². The molecule has 2 aromatic heterocycles. The lowest BCUT2D eigenvalue weighted by Crippen LogP contribution is -2.20. The van der Waals surface area contributed by atoms with Crippen molar-refractivity contribution in [1.29, 1.82) is 0 Å². The standard InChI is InChI=1S/C21H22FN5O/c1-26(18-7-8-18)20-9-4-16(13-23-20)12-21(28)24-19-10-11-27(25-19)14-15-2-5-17(22)6-3-15/h2-6,9-11,13,18H,7-8,12,14H2,1H3,(H,24,25,28). The number of halogens is 1. The molecule has 1 saturated carbocycles.